The lowest BCUT2D eigenvalue weighted by atomic mass is 10.3. The number of aromatic nitrogens is 1. The van der Waals surface area contributed by atoms with Crippen molar-refractivity contribution < 1.29 is 9.18 Å². The highest BCUT2D eigenvalue weighted by Crippen LogP contribution is 1.95. The van der Waals surface area contributed by atoms with Crippen LogP contribution in [0.3, 0.4) is 0 Å². The van der Waals surface area contributed by atoms with Crippen molar-refractivity contribution >= 4 is 6.29 Å². The van der Waals surface area contributed by atoms with Gasteiger partial charge < -0.3 is 4.79 Å². The standard InChI is InChI=1S/C9H6FNO/c10-8-4-5-9(11-7-8)3-1-2-6-12/h4-7H,2H2. The minimum atomic E-state index is -0.393. The Morgan fingerprint density at radius 1 is 1.58 bits per heavy atom. The van der Waals surface area contributed by atoms with Crippen molar-refractivity contribution in [2.75, 3.05) is 0 Å². The molecule has 0 fully saturated rings. The third kappa shape index (κ3) is 2.51. The number of carbonyl (C=O) groups is 1. The average molecular weight is 163 g/mol. The molecular formula is C9H6FNO. The fourth-order valence-corrected chi connectivity index (χ4v) is 0.633. The Bertz CT molecular complexity index is 321. The second-order valence-electron chi connectivity index (χ2n) is 2.03. The van der Waals surface area contributed by atoms with E-state index in [1.165, 1.54) is 12.1 Å². The first kappa shape index (κ1) is 8.41. The Kier molecular flexibility index (Phi) is 2.97. The molecule has 0 aliphatic rings. The highest BCUT2D eigenvalue weighted by Gasteiger charge is 1.88. The Morgan fingerprint density at radius 2 is 2.42 bits per heavy atom. The van der Waals surface area contributed by atoms with E-state index >= 15 is 0 Å². The average Bonchev–Trinajstić information content (AvgIpc) is 2.09. The first-order valence-corrected chi connectivity index (χ1v) is 3.37. The molecule has 1 heterocycles. The summed E-state index contributed by atoms with van der Waals surface area (Å²) in [4.78, 5) is 13.6. The molecule has 2 nitrogen and oxygen atoms in total. The number of hydrogen-bond donors (Lipinski definition) is 0. The molecule has 0 atom stereocenters. The van der Waals surface area contributed by atoms with Crippen molar-refractivity contribution in [2.24, 2.45) is 0 Å². The van der Waals surface area contributed by atoms with Crippen LogP contribution < -0.4 is 0 Å². The molecule has 60 valence electrons. The summed E-state index contributed by atoms with van der Waals surface area (Å²) in [6.45, 7) is 0. The van der Waals surface area contributed by atoms with E-state index in [9.17, 15) is 9.18 Å². The second kappa shape index (κ2) is 4.24. The number of nitrogens with zero attached hydrogens (tertiary/aromatic N) is 1. The zero-order chi connectivity index (χ0) is 8.81. The van der Waals surface area contributed by atoms with Gasteiger partial charge in [-0.15, -0.1) is 0 Å². The molecule has 1 aromatic rings. The van der Waals surface area contributed by atoms with E-state index in [2.05, 4.69) is 16.8 Å². The molecule has 0 radical (unpaired) electrons. The van der Waals surface area contributed by atoms with Crippen molar-refractivity contribution in [2.45, 2.75) is 6.42 Å². The summed E-state index contributed by atoms with van der Waals surface area (Å²) in [7, 11) is 0. The molecule has 12 heavy (non-hydrogen) atoms. The fourth-order valence-electron chi connectivity index (χ4n) is 0.633. The molecule has 3 heteroatoms. The normalized spacial score (nSPS) is 8.42. The summed E-state index contributed by atoms with van der Waals surface area (Å²) in [6, 6.07) is 2.74. The lowest BCUT2D eigenvalue weighted by molar-refractivity contribution is -0.107. The molecule has 1 aromatic heterocycles. The van der Waals surface area contributed by atoms with E-state index in [4.69, 9.17) is 0 Å². The minimum absolute atomic E-state index is 0.180. The smallest absolute Gasteiger partial charge is 0.141 e. The zero-order valence-corrected chi connectivity index (χ0v) is 6.25. The van der Waals surface area contributed by atoms with Crippen LogP contribution in [0.4, 0.5) is 4.39 Å². The van der Waals surface area contributed by atoms with Gasteiger partial charge in [-0.05, 0) is 18.1 Å². The monoisotopic (exact) mass is 163 g/mol. The lowest BCUT2D eigenvalue weighted by Crippen LogP contribution is -1.82. The largest absolute Gasteiger partial charge is 0.302 e. The third-order valence-electron chi connectivity index (χ3n) is 1.13. The zero-order valence-electron chi connectivity index (χ0n) is 6.25. The molecule has 0 aliphatic carbocycles. The summed E-state index contributed by atoms with van der Waals surface area (Å²) < 4.78 is 12.3. The lowest BCUT2D eigenvalue weighted by Gasteiger charge is -1.87. The third-order valence-corrected chi connectivity index (χ3v) is 1.13. The minimum Gasteiger partial charge on any atom is -0.302 e. The fraction of sp³-hybridized carbons (Fsp3) is 0.111. The predicted molar refractivity (Wildman–Crippen MR) is 41.8 cm³/mol. The summed E-state index contributed by atoms with van der Waals surface area (Å²) in [5, 5.41) is 0. The van der Waals surface area contributed by atoms with Gasteiger partial charge in [0.05, 0.1) is 12.6 Å². The molecule has 0 N–H and O–H groups in total. The Morgan fingerprint density at radius 3 is 3.00 bits per heavy atom. The van der Waals surface area contributed by atoms with Crippen molar-refractivity contribution in [3.05, 3.63) is 29.8 Å². The molecule has 0 aromatic carbocycles. The first-order chi connectivity index (χ1) is 5.83. The SMILES string of the molecule is O=CCC#Cc1ccc(F)cn1. The van der Waals surface area contributed by atoms with Gasteiger partial charge in [0.1, 0.15) is 17.8 Å². The van der Waals surface area contributed by atoms with Gasteiger partial charge in [0, 0.05) is 0 Å². The van der Waals surface area contributed by atoms with E-state index in [0.29, 0.717) is 12.0 Å². The van der Waals surface area contributed by atoms with Crippen LogP contribution in [0.1, 0.15) is 12.1 Å². The quantitative estimate of drug-likeness (QED) is 0.459. The van der Waals surface area contributed by atoms with Crippen LogP contribution >= 0.6 is 0 Å². The van der Waals surface area contributed by atoms with Gasteiger partial charge in [-0.1, -0.05) is 5.92 Å². The number of pyridine rings is 1. The van der Waals surface area contributed by atoms with Crippen molar-refractivity contribution in [1.29, 1.82) is 0 Å². The van der Waals surface area contributed by atoms with Gasteiger partial charge in [-0.2, -0.15) is 0 Å². The topological polar surface area (TPSA) is 30.0 Å². The van der Waals surface area contributed by atoms with Gasteiger partial charge in [0.15, 0.2) is 0 Å². The van der Waals surface area contributed by atoms with Crippen molar-refractivity contribution in [3.8, 4) is 11.8 Å². The van der Waals surface area contributed by atoms with Gasteiger partial charge >= 0.3 is 0 Å². The van der Waals surface area contributed by atoms with Crippen LogP contribution in [0.15, 0.2) is 18.3 Å². The van der Waals surface area contributed by atoms with Crippen molar-refractivity contribution in [3.63, 3.8) is 0 Å². The maximum atomic E-state index is 12.3. The summed E-state index contributed by atoms with van der Waals surface area (Å²) in [6.07, 6.45) is 1.97. The number of hydrogen-bond acceptors (Lipinski definition) is 2. The molecule has 0 amide bonds. The van der Waals surface area contributed by atoms with E-state index in [1.54, 1.807) is 0 Å². The molecule has 0 saturated heterocycles. The Labute approximate surface area is 69.4 Å². The van der Waals surface area contributed by atoms with Gasteiger partial charge in [-0.3, -0.25) is 0 Å². The van der Waals surface area contributed by atoms with E-state index in [-0.39, 0.29) is 6.42 Å². The number of aldehydes is 1. The van der Waals surface area contributed by atoms with E-state index in [1.807, 2.05) is 0 Å². The highest BCUT2D eigenvalue weighted by atomic mass is 19.1. The summed E-state index contributed by atoms with van der Waals surface area (Å²) >= 11 is 0. The molecule has 0 saturated carbocycles. The second-order valence-corrected chi connectivity index (χ2v) is 2.03. The molecule has 0 bridgehead atoms. The number of halogens is 1. The van der Waals surface area contributed by atoms with Crippen LogP contribution in [0.2, 0.25) is 0 Å². The molecule has 0 spiro atoms. The van der Waals surface area contributed by atoms with Gasteiger partial charge in [0.25, 0.3) is 0 Å². The maximum Gasteiger partial charge on any atom is 0.141 e. The Hall–Kier alpha value is -1.69. The predicted octanol–water partition coefficient (Wildman–Crippen LogP) is 1.16. The molecule has 0 aliphatic heterocycles. The van der Waals surface area contributed by atoms with Crippen LogP contribution in [-0.4, -0.2) is 11.3 Å². The van der Waals surface area contributed by atoms with Crippen LogP contribution in [0, 0.1) is 17.7 Å². The number of rotatable bonds is 1. The molecular weight excluding hydrogens is 157 g/mol. The number of carbonyl (C=O) groups excluding carboxylic acids is 1. The summed E-state index contributed by atoms with van der Waals surface area (Å²) in [5.41, 5.74) is 0.471. The Balaban J connectivity index is 2.72. The first-order valence-electron chi connectivity index (χ1n) is 3.37. The summed E-state index contributed by atoms with van der Waals surface area (Å²) in [5.74, 6) is 4.79. The van der Waals surface area contributed by atoms with E-state index in [0.717, 1.165) is 6.20 Å². The maximum absolute atomic E-state index is 12.3. The van der Waals surface area contributed by atoms with Crippen LogP contribution in [0.25, 0.3) is 0 Å². The van der Waals surface area contributed by atoms with Gasteiger partial charge in [0.2, 0.25) is 0 Å². The van der Waals surface area contributed by atoms with Crippen LogP contribution in [0.5, 0.6) is 0 Å². The molecule has 1 rings (SSSR count). The van der Waals surface area contributed by atoms with E-state index < -0.39 is 5.82 Å². The van der Waals surface area contributed by atoms with Gasteiger partial charge in [-0.25, -0.2) is 9.37 Å². The molecule has 0 unspecified atom stereocenters. The van der Waals surface area contributed by atoms with Crippen LogP contribution in [-0.2, 0) is 4.79 Å². The highest BCUT2D eigenvalue weighted by molar-refractivity contribution is 5.54. The van der Waals surface area contributed by atoms with Crippen molar-refractivity contribution in [1.82, 2.24) is 4.98 Å².